The van der Waals surface area contributed by atoms with Crippen LogP contribution in [0.2, 0.25) is 0 Å². The van der Waals surface area contributed by atoms with Gasteiger partial charge in [-0.2, -0.15) is 0 Å². The van der Waals surface area contributed by atoms with E-state index < -0.39 is 0 Å². The number of nitrogens with one attached hydrogen (secondary N) is 1. The van der Waals surface area contributed by atoms with Crippen molar-refractivity contribution in [2.45, 2.75) is 18.9 Å². The molecule has 132 valence electrons. The molecular formula is C19H22N2O4. The Morgan fingerprint density at radius 2 is 2.28 bits per heavy atom. The highest BCUT2D eigenvalue weighted by Gasteiger charge is 2.17. The van der Waals surface area contributed by atoms with Gasteiger partial charge in [0.15, 0.2) is 0 Å². The number of carbonyl (C=O) groups is 1. The number of nitrogens with zero attached hydrogens (tertiary/aromatic N) is 1. The van der Waals surface area contributed by atoms with Gasteiger partial charge in [0.05, 0.1) is 25.9 Å². The van der Waals surface area contributed by atoms with E-state index in [2.05, 4.69) is 10.3 Å². The summed E-state index contributed by atoms with van der Waals surface area (Å²) in [5.74, 6) is 1.19. The Labute approximate surface area is 147 Å². The Kier molecular flexibility index (Phi) is 5.85. The summed E-state index contributed by atoms with van der Waals surface area (Å²) in [5.41, 5.74) is 1.63. The first-order valence-electron chi connectivity index (χ1n) is 8.36. The molecule has 1 saturated heterocycles. The van der Waals surface area contributed by atoms with Gasteiger partial charge in [0.1, 0.15) is 11.9 Å². The largest absolute Gasteiger partial charge is 0.497 e. The molecule has 6 heteroatoms. The number of aromatic nitrogens is 1. The molecule has 0 aliphatic carbocycles. The first kappa shape index (κ1) is 17.2. The minimum absolute atomic E-state index is 0.0510. The molecular weight excluding hydrogens is 320 g/mol. The lowest BCUT2D eigenvalue weighted by molar-refractivity contribution is 0.0953. The number of ether oxygens (including phenoxy) is 3. The van der Waals surface area contributed by atoms with Crippen LogP contribution in [0.5, 0.6) is 11.6 Å². The Morgan fingerprint density at radius 3 is 3.00 bits per heavy atom. The van der Waals surface area contributed by atoms with Crippen LogP contribution in [0.25, 0.3) is 0 Å². The Bertz CT molecular complexity index is 697. The predicted molar refractivity (Wildman–Crippen MR) is 93.1 cm³/mol. The van der Waals surface area contributed by atoms with Gasteiger partial charge in [-0.15, -0.1) is 0 Å². The molecule has 0 spiro atoms. The third-order valence-electron chi connectivity index (χ3n) is 4.01. The van der Waals surface area contributed by atoms with Crippen molar-refractivity contribution < 1.29 is 19.0 Å². The molecule has 2 aromatic rings. The molecule has 1 amide bonds. The van der Waals surface area contributed by atoms with E-state index in [1.54, 1.807) is 19.2 Å². The number of pyridine rings is 1. The zero-order chi connectivity index (χ0) is 17.5. The van der Waals surface area contributed by atoms with Gasteiger partial charge in [-0.1, -0.05) is 12.1 Å². The molecule has 0 saturated carbocycles. The zero-order valence-electron chi connectivity index (χ0n) is 14.2. The van der Waals surface area contributed by atoms with Crippen LogP contribution < -0.4 is 14.8 Å². The molecule has 1 fully saturated rings. The van der Waals surface area contributed by atoms with Crippen molar-refractivity contribution in [1.82, 2.24) is 10.3 Å². The molecule has 1 aromatic heterocycles. The quantitative estimate of drug-likeness (QED) is 0.836. The Morgan fingerprint density at radius 1 is 1.36 bits per heavy atom. The van der Waals surface area contributed by atoms with Crippen molar-refractivity contribution in [3.8, 4) is 11.6 Å². The van der Waals surface area contributed by atoms with Gasteiger partial charge in [-0.05, 0) is 30.2 Å². The summed E-state index contributed by atoms with van der Waals surface area (Å²) in [6, 6.07) is 11.2. The third-order valence-corrected chi connectivity index (χ3v) is 4.01. The van der Waals surface area contributed by atoms with E-state index in [1.807, 2.05) is 24.3 Å². The number of hydrogen-bond acceptors (Lipinski definition) is 5. The number of methoxy groups -OCH3 is 1. The number of amides is 1. The summed E-state index contributed by atoms with van der Waals surface area (Å²) >= 11 is 0. The van der Waals surface area contributed by atoms with E-state index in [0.717, 1.165) is 30.8 Å². The molecule has 0 radical (unpaired) electrons. The fourth-order valence-corrected chi connectivity index (χ4v) is 2.61. The highest BCUT2D eigenvalue weighted by molar-refractivity contribution is 5.93. The molecule has 1 N–H and O–H groups in total. The van der Waals surface area contributed by atoms with Gasteiger partial charge >= 0.3 is 0 Å². The van der Waals surface area contributed by atoms with Crippen molar-refractivity contribution in [1.29, 1.82) is 0 Å². The maximum Gasteiger partial charge on any atom is 0.252 e. The van der Waals surface area contributed by atoms with Gasteiger partial charge in [-0.25, -0.2) is 4.98 Å². The second-order valence-electron chi connectivity index (χ2n) is 5.85. The van der Waals surface area contributed by atoms with E-state index in [0.29, 0.717) is 24.6 Å². The molecule has 1 unspecified atom stereocenters. The van der Waals surface area contributed by atoms with Gasteiger partial charge < -0.3 is 19.5 Å². The van der Waals surface area contributed by atoms with Crippen molar-refractivity contribution in [2.24, 2.45) is 0 Å². The minimum Gasteiger partial charge on any atom is -0.497 e. The predicted octanol–water partition coefficient (Wildman–Crippen LogP) is 2.23. The monoisotopic (exact) mass is 342 g/mol. The second kappa shape index (κ2) is 8.48. The van der Waals surface area contributed by atoms with Crippen LogP contribution in [-0.4, -0.2) is 43.9 Å². The standard InChI is InChI=1S/C19H22N2O4/c1-23-16-4-2-3-14(11-16)7-9-20-19(22)15-5-6-18(21-12-15)25-17-8-10-24-13-17/h2-6,11-12,17H,7-10,13H2,1H3,(H,20,22). The number of hydrogen-bond donors (Lipinski definition) is 1. The summed E-state index contributed by atoms with van der Waals surface area (Å²) in [5, 5.41) is 2.90. The van der Waals surface area contributed by atoms with Crippen LogP contribution >= 0.6 is 0 Å². The lowest BCUT2D eigenvalue weighted by atomic mass is 10.1. The molecule has 25 heavy (non-hydrogen) atoms. The first-order valence-corrected chi connectivity index (χ1v) is 8.36. The number of rotatable bonds is 7. The summed E-state index contributed by atoms with van der Waals surface area (Å²) in [7, 11) is 1.64. The van der Waals surface area contributed by atoms with Crippen LogP contribution in [-0.2, 0) is 11.2 Å². The van der Waals surface area contributed by atoms with E-state index >= 15 is 0 Å². The van der Waals surface area contributed by atoms with Crippen molar-refractivity contribution in [3.63, 3.8) is 0 Å². The Hall–Kier alpha value is -2.60. The highest BCUT2D eigenvalue weighted by atomic mass is 16.5. The highest BCUT2D eigenvalue weighted by Crippen LogP contribution is 2.15. The zero-order valence-corrected chi connectivity index (χ0v) is 14.2. The Balaban J connectivity index is 1.47. The first-order chi connectivity index (χ1) is 12.2. The molecule has 3 rings (SSSR count). The lowest BCUT2D eigenvalue weighted by Crippen LogP contribution is -2.25. The molecule has 1 aliphatic heterocycles. The molecule has 1 atom stereocenters. The maximum absolute atomic E-state index is 12.2. The van der Waals surface area contributed by atoms with E-state index in [4.69, 9.17) is 14.2 Å². The van der Waals surface area contributed by atoms with Gasteiger partial charge in [0.25, 0.3) is 5.91 Å². The van der Waals surface area contributed by atoms with Crippen molar-refractivity contribution in [2.75, 3.05) is 26.9 Å². The molecule has 0 bridgehead atoms. The summed E-state index contributed by atoms with van der Waals surface area (Å²) < 4.78 is 16.1. The van der Waals surface area contributed by atoms with Crippen LogP contribution in [0.4, 0.5) is 0 Å². The lowest BCUT2D eigenvalue weighted by Gasteiger charge is -2.11. The van der Waals surface area contributed by atoms with Gasteiger partial charge in [-0.3, -0.25) is 4.79 Å². The molecule has 2 heterocycles. The van der Waals surface area contributed by atoms with Crippen LogP contribution in [0, 0.1) is 0 Å². The number of carbonyl (C=O) groups excluding carboxylic acids is 1. The fraction of sp³-hybridized carbons (Fsp3) is 0.368. The molecule has 1 aliphatic rings. The summed E-state index contributed by atoms with van der Waals surface area (Å²) in [6.45, 7) is 1.86. The SMILES string of the molecule is COc1cccc(CCNC(=O)c2ccc(OC3CCOC3)nc2)c1. The van der Waals surface area contributed by atoms with Crippen LogP contribution in [0.1, 0.15) is 22.3 Å². The van der Waals surface area contributed by atoms with E-state index in [1.165, 1.54) is 6.20 Å². The maximum atomic E-state index is 12.2. The minimum atomic E-state index is -0.147. The number of benzene rings is 1. The van der Waals surface area contributed by atoms with E-state index in [-0.39, 0.29) is 12.0 Å². The van der Waals surface area contributed by atoms with Crippen LogP contribution in [0.15, 0.2) is 42.6 Å². The van der Waals surface area contributed by atoms with Crippen molar-refractivity contribution in [3.05, 3.63) is 53.7 Å². The average molecular weight is 342 g/mol. The third kappa shape index (κ3) is 4.93. The van der Waals surface area contributed by atoms with Crippen LogP contribution in [0.3, 0.4) is 0 Å². The van der Waals surface area contributed by atoms with Gasteiger partial charge in [0.2, 0.25) is 5.88 Å². The van der Waals surface area contributed by atoms with Gasteiger partial charge in [0, 0.05) is 25.2 Å². The normalized spacial score (nSPS) is 16.4. The molecule has 6 nitrogen and oxygen atoms in total. The summed E-state index contributed by atoms with van der Waals surface area (Å²) in [4.78, 5) is 16.4. The van der Waals surface area contributed by atoms with Crippen molar-refractivity contribution >= 4 is 5.91 Å². The average Bonchev–Trinajstić information content (AvgIpc) is 3.15. The topological polar surface area (TPSA) is 69.7 Å². The fourth-order valence-electron chi connectivity index (χ4n) is 2.61. The molecule has 1 aromatic carbocycles. The summed E-state index contributed by atoms with van der Waals surface area (Å²) in [6.07, 6.45) is 3.19. The smallest absolute Gasteiger partial charge is 0.252 e. The second-order valence-corrected chi connectivity index (χ2v) is 5.85. The van der Waals surface area contributed by atoms with E-state index in [9.17, 15) is 4.79 Å².